The summed E-state index contributed by atoms with van der Waals surface area (Å²) in [5, 5.41) is 1.63. The lowest BCUT2D eigenvalue weighted by Crippen LogP contribution is -1.73. The Balaban J connectivity index is 2.65. The van der Waals surface area contributed by atoms with Crippen molar-refractivity contribution in [3.63, 3.8) is 0 Å². The molecule has 0 aliphatic rings. The second kappa shape index (κ2) is 2.58. The Morgan fingerprint density at radius 2 is 1.64 bits per heavy atom. The minimum atomic E-state index is -0.167. The van der Waals surface area contributed by atoms with Gasteiger partial charge in [-0.1, -0.05) is 24.3 Å². The summed E-state index contributed by atoms with van der Waals surface area (Å²) in [4.78, 5) is 3.18. The Bertz CT molecular complexity index is 610. The second-order valence-electron chi connectivity index (χ2n) is 3.33. The van der Waals surface area contributed by atoms with Crippen molar-refractivity contribution in [1.29, 1.82) is 0 Å². The highest BCUT2D eigenvalue weighted by atomic mass is 19.1. The molecule has 0 fully saturated rings. The van der Waals surface area contributed by atoms with E-state index in [-0.39, 0.29) is 5.82 Å². The van der Waals surface area contributed by atoms with Gasteiger partial charge in [-0.05, 0) is 18.2 Å². The molecular weight excluding hydrogens is 177 g/mol. The zero-order chi connectivity index (χ0) is 9.54. The maximum atomic E-state index is 13.5. The predicted octanol–water partition coefficient (Wildman–Crippen LogP) is 3.46. The summed E-state index contributed by atoms with van der Waals surface area (Å²) in [6, 6.07) is 12.8. The first-order chi connectivity index (χ1) is 6.86. The van der Waals surface area contributed by atoms with E-state index in [2.05, 4.69) is 4.98 Å². The van der Waals surface area contributed by atoms with Gasteiger partial charge in [0.05, 0.1) is 0 Å². The third kappa shape index (κ3) is 0.880. The Morgan fingerprint density at radius 3 is 2.57 bits per heavy atom. The summed E-state index contributed by atoms with van der Waals surface area (Å²) in [7, 11) is 0. The third-order valence-electron chi connectivity index (χ3n) is 2.48. The monoisotopic (exact) mass is 185 g/mol. The highest BCUT2D eigenvalue weighted by Crippen LogP contribution is 2.26. The van der Waals surface area contributed by atoms with Crippen molar-refractivity contribution in [2.75, 3.05) is 0 Å². The zero-order valence-electron chi connectivity index (χ0n) is 7.42. The van der Waals surface area contributed by atoms with Crippen LogP contribution < -0.4 is 0 Å². The van der Waals surface area contributed by atoms with Crippen LogP contribution in [0.15, 0.2) is 42.5 Å². The minimum Gasteiger partial charge on any atom is -0.354 e. The number of hydrogen-bond acceptors (Lipinski definition) is 0. The van der Waals surface area contributed by atoms with Gasteiger partial charge in [0.1, 0.15) is 5.82 Å². The first kappa shape index (κ1) is 7.56. The lowest BCUT2D eigenvalue weighted by molar-refractivity contribution is 0.640. The zero-order valence-corrected chi connectivity index (χ0v) is 7.42. The molecule has 68 valence electrons. The molecule has 0 unspecified atom stereocenters. The molecule has 1 nitrogen and oxygen atoms in total. The third-order valence-corrected chi connectivity index (χ3v) is 2.48. The van der Waals surface area contributed by atoms with Crippen LogP contribution in [0.4, 0.5) is 4.39 Å². The highest BCUT2D eigenvalue weighted by molar-refractivity contribution is 6.07. The van der Waals surface area contributed by atoms with Crippen molar-refractivity contribution in [3.8, 4) is 0 Å². The Hall–Kier alpha value is -1.83. The van der Waals surface area contributed by atoms with Crippen LogP contribution in [0.2, 0.25) is 0 Å². The van der Waals surface area contributed by atoms with Crippen LogP contribution in [0.5, 0.6) is 0 Å². The fraction of sp³-hybridized carbons (Fsp3) is 0. The summed E-state index contributed by atoms with van der Waals surface area (Å²) < 4.78 is 13.5. The number of aromatic amines is 1. The number of para-hydroxylation sites is 1. The van der Waals surface area contributed by atoms with Gasteiger partial charge in [0.25, 0.3) is 0 Å². The van der Waals surface area contributed by atoms with Crippen molar-refractivity contribution in [3.05, 3.63) is 48.3 Å². The molecule has 0 aliphatic carbocycles. The van der Waals surface area contributed by atoms with Gasteiger partial charge < -0.3 is 4.98 Å². The van der Waals surface area contributed by atoms with Gasteiger partial charge in [-0.2, -0.15) is 0 Å². The van der Waals surface area contributed by atoms with Crippen molar-refractivity contribution < 1.29 is 4.39 Å². The molecule has 0 saturated heterocycles. The molecule has 0 saturated carbocycles. The van der Waals surface area contributed by atoms with E-state index in [0.29, 0.717) is 5.39 Å². The van der Waals surface area contributed by atoms with Crippen LogP contribution in [0.1, 0.15) is 0 Å². The fourth-order valence-electron chi connectivity index (χ4n) is 1.86. The van der Waals surface area contributed by atoms with Crippen molar-refractivity contribution in [2.45, 2.75) is 0 Å². The molecule has 0 spiro atoms. The second-order valence-corrected chi connectivity index (χ2v) is 3.33. The predicted molar refractivity (Wildman–Crippen MR) is 55.8 cm³/mol. The number of hydrogen-bond donors (Lipinski definition) is 1. The van der Waals surface area contributed by atoms with Gasteiger partial charge in [0.15, 0.2) is 0 Å². The van der Waals surface area contributed by atoms with E-state index in [1.165, 1.54) is 6.07 Å². The number of halogens is 1. The van der Waals surface area contributed by atoms with E-state index in [0.717, 1.165) is 16.4 Å². The molecule has 0 aliphatic heterocycles. The van der Waals surface area contributed by atoms with Gasteiger partial charge in [-0.3, -0.25) is 0 Å². The molecule has 0 bridgehead atoms. The van der Waals surface area contributed by atoms with Crippen molar-refractivity contribution in [1.82, 2.24) is 4.98 Å². The van der Waals surface area contributed by atoms with Crippen molar-refractivity contribution in [2.24, 2.45) is 0 Å². The average Bonchev–Trinajstić information content (AvgIpc) is 2.57. The Kier molecular flexibility index (Phi) is 1.39. The Labute approximate surface area is 80.2 Å². The minimum absolute atomic E-state index is 0.167. The quantitative estimate of drug-likeness (QED) is 0.552. The molecule has 0 amide bonds. The fourth-order valence-corrected chi connectivity index (χ4v) is 1.86. The number of H-pyrrole nitrogens is 1. The number of rotatable bonds is 0. The molecule has 0 atom stereocenters. The van der Waals surface area contributed by atoms with Crippen LogP contribution in [0, 0.1) is 5.82 Å². The van der Waals surface area contributed by atoms with E-state index in [1.54, 1.807) is 6.07 Å². The summed E-state index contributed by atoms with van der Waals surface area (Å²) in [6.45, 7) is 0. The maximum Gasteiger partial charge on any atom is 0.133 e. The molecule has 1 aromatic heterocycles. The largest absolute Gasteiger partial charge is 0.354 e. The van der Waals surface area contributed by atoms with E-state index in [1.807, 2.05) is 30.3 Å². The number of nitrogens with one attached hydrogen (secondary N) is 1. The number of benzene rings is 2. The number of fused-ring (bicyclic) bond motifs is 3. The van der Waals surface area contributed by atoms with Gasteiger partial charge in [-0.15, -0.1) is 0 Å². The van der Waals surface area contributed by atoms with Crippen LogP contribution in [0.25, 0.3) is 21.8 Å². The van der Waals surface area contributed by atoms with Crippen LogP contribution in [0.3, 0.4) is 0 Å². The average molecular weight is 185 g/mol. The van der Waals surface area contributed by atoms with Gasteiger partial charge in [0, 0.05) is 21.8 Å². The van der Waals surface area contributed by atoms with Crippen LogP contribution in [-0.2, 0) is 0 Å². The summed E-state index contributed by atoms with van der Waals surface area (Å²) in [5.74, 6) is -0.167. The lowest BCUT2D eigenvalue weighted by atomic mass is 10.1. The Morgan fingerprint density at radius 1 is 0.857 bits per heavy atom. The lowest BCUT2D eigenvalue weighted by Gasteiger charge is -1.91. The van der Waals surface area contributed by atoms with E-state index < -0.39 is 0 Å². The molecule has 0 radical (unpaired) electrons. The van der Waals surface area contributed by atoms with Crippen molar-refractivity contribution >= 4 is 21.8 Å². The van der Waals surface area contributed by atoms with Crippen LogP contribution >= 0.6 is 0 Å². The standard InChI is InChI=1S/C12H8FN/c13-9-5-3-7-11-12(9)8-4-1-2-6-10(8)14-11/h1-7,14H. The van der Waals surface area contributed by atoms with Gasteiger partial charge >= 0.3 is 0 Å². The SMILES string of the molecule is Fc1cccc2[nH]c3ccccc3c12. The molecule has 3 rings (SSSR count). The van der Waals surface area contributed by atoms with Crippen LogP contribution in [-0.4, -0.2) is 4.98 Å². The van der Waals surface area contributed by atoms with Gasteiger partial charge in [0.2, 0.25) is 0 Å². The highest BCUT2D eigenvalue weighted by Gasteiger charge is 2.06. The first-order valence-corrected chi connectivity index (χ1v) is 4.51. The smallest absolute Gasteiger partial charge is 0.133 e. The normalized spacial score (nSPS) is 11.2. The number of aromatic nitrogens is 1. The maximum absolute atomic E-state index is 13.5. The summed E-state index contributed by atoms with van der Waals surface area (Å²) in [5.41, 5.74) is 1.83. The molecule has 1 heterocycles. The molecule has 2 aromatic carbocycles. The van der Waals surface area contributed by atoms with E-state index in [4.69, 9.17) is 0 Å². The molecule has 3 aromatic rings. The van der Waals surface area contributed by atoms with E-state index >= 15 is 0 Å². The summed E-state index contributed by atoms with van der Waals surface area (Å²) >= 11 is 0. The van der Waals surface area contributed by atoms with E-state index in [9.17, 15) is 4.39 Å². The molecule has 14 heavy (non-hydrogen) atoms. The molecular formula is C12H8FN. The van der Waals surface area contributed by atoms with Gasteiger partial charge in [-0.25, -0.2) is 4.39 Å². The molecule has 2 heteroatoms. The summed E-state index contributed by atoms with van der Waals surface area (Å²) in [6.07, 6.45) is 0. The topological polar surface area (TPSA) is 15.8 Å². The molecule has 1 N–H and O–H groups in total. The first-order valence-electron chi connectivity index (χ1n) is 4.51.